The summed E-state index contributed by atoms with van der Waals surface area (Å²) in [7, 11) is -3.20. The summed E-state index contributed by atoms with van der Waals surface area (Å²) in [6.07, 6.45) is -0.321. The molecule has 4 heteroatoms. The molecule has 2 aromatic carbocycles. The molecular formula is C17H19O3P. The molecule has 0 radical (unpaired) electrons. The highest BCUT2D eigenvalue weighted by Crippen LogP contribution is 2.47. The Balaban J connectivity index is 2.30. The molecule has 0 saturated heterocycles. The highest BCUT2D eigenvalue weighted by molar-refractivity contribution is 7.67. The predicted molar refractivity (Wildman–Crippen MR) is 85.5 cm³/mol. The molecule has 0 aliphatic rings. The van der Waals surface area contributed by atoms with Gasteiger partial charge in [-0.15, -0.1) is 0 Å². The molecule has 0 aliphatic heterocycles. The molecule has 0 aromatic heterocycles. The van der Waals surface area contributed by atoms with E-state index >= 15 is 0 Å². The molecular weight excluding hydrogens is 283 g/mol. The van der Waals surface area contributed by atoms with Crippen LogP contribution >= 0.6 is 7.37 Å². The van der Waals surface area contributed by atoms with Gasteiger partial charge in [0.2, 0.25) is 7.37 Å². The van der Waals surface area contributed by atoms with E-state index in [1.807, 2.05) is 26.0 Å². The van der Waals surface area contributed by atoms with Crippen LogP contribution in [-0.4, -0.2) is 18.0 Å². The zero-order chi connectivity index (χ0) is 15.3. The van der Waals surface area contributed by atoms with E-state index in [1.54, 1.807) is 48.5 Å². The van der Waals surface area contributed by atoms with Crippen molar-refractivity contribution in [3.63, 3.8) is 0 Å². The number of hydrogen-bond donors (Lipinski definition) is 0. The Morgan fingerprint density at radius 1 is 1.00 bits per heavy atom. The van der Waals surface area contributed by atoms with E-state index in [0.717, 1.165) is 0 Å². The van der Waals surface area contributed by atoms with Gasteiger partial charge in [0.05, 0.1) is 12.3 Å². The number of hydrogen-bond acceptors (Lipinski definition) is 3. The van der Waals surface area contributed by atoms with Crippen molar-refractivity contribution < 1.29 is 13.9 Å². The van der Waals surface area contributed by atoms with Crippen LogP contribution in [0.2, 0.25) is 0 Å². The van der Waals surface area contributed by atoms with Crippen LogP contribution in [0.5, 0.6) is 0 Å². The number of ketones is 1. The first-order chi connectivity index (χ1) is 10.0. The summed E-state index contributed by atoms with van der Waals surface area (Å²) < 4.78 is 18.8. The van der Waals surface area contributed by atoms with E-state index in [2.05, 4.69) is 0 Å². The van der Waals surface area contributed by atoms with Gasteiger partial charge in [0, 0.05) is 10.9 Å². The van der Waals surface area contributed by atoms with E-state index in [9.17, 15) is 9.36 Å². The smallest absolute Gasteiger partial charge is 0.239 e. The molecule has 0 N–H and O–H groups in total. The number of carbonyl (C=O) groups excluding carboxylic acids is 1. The summed E-state index contributed by atoms with van der Waals surface area (Å²) in [5, 5.41) is 0.586. The van der Waals surface area contributed by atoms with Crippen molar-refractivity contribution in [2.45, 2.75) is 20.0 Å². The first-order valence-corrected chi connectivity index (χ1v) is 8.73. The van der Waals surface area contributed by atoms with Crippen LogP contribution in [0.1, 0.15) is 24.2 Å². The molecule has 110 valence electrons. The van der Waals surface area contributed by atoms with Crippen LogP contribution in [0.4, 0.5) is 0 Å². The molecule has 0 saturated carbocycles. The van der Waals surface area contributed by atoms with Crippen LogP contribution in [0, 0.1) is 0 Å². The van der Waals surface area contributed by atoms with E-state index in [4.69, 9.17) is 4.52 Å². The molecule has 0 fully saturated rings. The van der Waals surface area contributed by atoms with Crippen LogP contribution < -0.4 is 5.30 Å². The van der Waals surface area contributed by atoms with Crippen molar-refractivity contribution in [1.82, 2.24) is 0 Å². The van der Waals surface area contributed by atoms with Gasteiger partial charge in [-0.3, -0.25) is 9.36 Å². The van der Waals surface area contributed by atoms with Gasteiger partial charge >= 0.3 is 0 Å². The summed E-state index contributed by atoms with van der Waals surface area (Å²) in [5.74, 6) is -0.163. The Labute approximate surface area is 125 Å². The maximum Gasteiger partial charge on any atom is 0.239 e. The van der Waals surface area contributed by atoms with E-state index in [0.29, 0.717) is 10.9 Å². The molecule has 0 amide bonds. The molecule has 1 atom stereocenters. The van der Waals surface area contributed by atoms with E-state index < -0.39 is 7.37 Å². The molecule has 2 aromatic rings. The fraction of sp³-hybridized carbons (Fsp3) is 0.235. The Bertz CT molecular complexity index is 636. The number of carbonyl (C=O) groups is 1. The molecule has 3 nitrogen and oxygen atoms in total. The van der Waals surface area contributed by atoms with Gasteiger partial charge in [-0.25, -0.2) is 0 Å². The monoisotopic (exact) mass is 302 g/mol. The number of benzene rings is 2. The average molecular weight is 302 g/mol. The van der Waals surface area contributed by atoms with Gasteiger partial charge in [0.1, 0.15) is 0 Å². The lowest BCUT2D eigenvalue weighted by Crippen LogP contribution is -2.18. The first-order valence-electron chi connectivity index (χ1n) is 6.92. The zero-order valence-electron chi connectivity index (χ0n) is 12.2. The second-order valence-corrected chi connectivity index (χ2v) is 7.50. The summed E-state index contributed by atoms with van der Waals surface area (Å²) in [6.45, 7) is 3.64. The average Bonchev–Trinajstić information content (AvgIpc) is 2.48. The molecule has 21 heavy (non-hydrogen) atoms. The third-order valence-corrected chi connectivity index (χ3v) is 5.53. The number of rotatable bonds is 6. The quantitative estimate of drug-likeness (QED) is 0.600. The fourth-order valence-corrected chi connectivity index (χ4v) is 4.34. The fourth-order valence-electron chi connectivity index (χ4n) is 2.09. The van der Waals surface area contributed by atoms with Crippen molar-refractivity contribution in [2.75, 3.05) is 6.16 Å². The minimum atomic E-state index is -3.20. The van der Waals surface area contributed by atoms with Crippen molar-refractivity contribution in [3.8, 4) is 0 Å². The summed E-state index contributed by atoms with van der Waals surface area (Å²) in [4.78, 5) is 12.4. The lowest BCUT2D eigenvalue weighted by atomic mass is 10.2. The summed E-state index contributed by atoms with van der Waals surface area (Å²) in [5.41, 5.74) is 0.556. The maximum atomic E-state index is 13.2. The Hall–Kier alpha value is -1.70. The highest BCUT2D eigenvalue weighted by atomic mass is 31.2. The Kier molecular flexibility index (Phi) is 5.11. The van der Waals surface area contributed by atoms with Crippen molar-refractivity contribution in [1.29, 1.82) is 0 Å². The topological polar surface area (TPSA) is 43.4 Å². The molecule has 0 heterocycles. The van der Waals surface area contributed by atoms with Gasteiger partial charge in [0.25, 0.3) is 0 Å². The second-order valence-electron chi connectivity index (χ2n) is 5.11. The molecule has 2 rings (SSSR count). The molecule has 0 spiro atoms. The third kappa shape index (κ3) is 4.13. The first kappa shape index (κ1) is 15.7. The van der Waals surface area contributed by atoms with Crippen LogP contribution in [0.15, 0.2) is 60.7 Å². The lowest BCUT2D eigenvalue weighted by molar-refractivity contribution is 0.101. The van der Waals surface area contributed by atoms with E-state index in [-0.39, 0.29) is 18.0 Å². The second kappa shape index (κ2) is 6.84. The van der Waals surface area contributed by atoms with Crippen LogP contribution in [-0.2, 0) is 9.09 Å². The number of Topliss-reactive ketones (excluding diaryl/α,β-unsaturated/α-hetero) is 1. The van der Waals surface area contributed by atoms with Crippen molar-refractivity contribution in [3.05, 3.63) is 66.2 Å². The summed E-state index contributed by atoms with van der Waals surface area (Å²) >= 11 is 0. The predicted octanol–water partition coefficient (Wildman–Crippen LogP) is 3.90. The highest BCUT2D eigenvalue weighted by Gasteiger charge is 2.30. The van der Waals surface area contributed by atoms with Gasteiger partial charge in [0.15, 0.2) is 5.78 Å². The lowest BCUT2D eigenvalue weighted by Gasteiger charge is -2.20. The Morgan fingerprint density at radius 3 is 2.05 bits per heavy atom. The minimum absolute atomic E-state index is 0.112. The summed E-state index contributed by atoms with van der Waals surface area (Å²) in [6, 6.07) is 17.9. The van der Waals surface area contributed by atoms with Gasteiger partial charge in [-0.1, -0.05) is 48.5 Å². The standard InChI is InChI=1S/C17H19O3P/c1-14(2)20-21(19,16-11-7-4-8-12-16)13-17(18)15-9-5-3-6-10-15/h3-12,14H,13H2,1-2H3. The molecule has 0 aliphatic carbocycles. The van der Waals surface area contributed by atoms with Gasteiger partial charge < -0.3 is 4.52 Å². The SMILES string of the molecule is CC(C)OP(=O)(CC(=O)c1ccccc1)c1ccccc1. The molecule has 0 bridgehead atoms. The van der Waals surface area contributed by atoms with Crippen LogP contribution in [0.25, 0.3) is 0 Å². The van der Waals surface area contributed by atoms with Gasteiger partial charge in [-0.05, 0) is 26.0 Å². The minimum Gasteiger partial charge on any atom is -0.322 e. The van der Waals surface area contributed by atoms with Crippen molar-refractivity contribution in [2.24, 2.45) is 0 Å². The molecule has 1 unspecified atom stereocenters. The largest absolute Gasteiger partial charge is 0.322 e. The zero-order valence-corrected chi connectivity index (χ0v) is 13.1. The maximum absolute atomic E-state index is 13.2. The van der Waals surface area contributed by atoms with Crippen molar-refractivity contribution >= 4 is 18.5 Å². The third-order valence-electron chi connectivity index (χ3n) is 2.98. The Morgan fingerprint density at radius 2 is 1.52 bits per heavy atom. The normalized spacial score (nSPS) is 13.9. The van der Waals surface area contributed by atoms with Crippen LogP contribution in [0.3, 0.4) is 0 Å². The van der Waals surface area contributed by atoms with E-state index in [1.165, 1.54) is 0 Å². The van der Waals surface area contributed by atoms with Gasteiger partial charge in [-0.2, -0.15) is 0 Å².